The predicted octanol–water partition coefficient (Wildman–Crippen LogP) is 0.409. The van der Waals surface area contributed by atoms with Gasteiger partial charge < -0.3 is 0 Å². The molecule has 2 aromatic heterocycles. The lowest BCUT2D eigenvalue weighted by molar-refractivity contribution is 0.503. The van der Waals surface area contributed by atoms with Crippen molar-refractivity contribution in [1.82, 2.24) is 24.8 Å². The number of nitrogens with one attached hydrogen (secondary N) is 1. The maximum Gasteiger partial charge on any atom is 0.0938 e. The topological polar surface area (TPSA) is 81.7 Å². The summed E-state index contributed by atoms with van der Waals surface area (Å²) >= 11 is 1.34. The number of aryl methyl sites for hydroxylation is 2. The maximum atomic E-state index is 5.50. The SMILES string of the molecule is Cn1cc(CCC(NN)c2csnn2)cn1. The first kappa shape index (κ1) is 11.2. The molecular formula is C9H14N6S. The van der Waals surface area contributed by atoms with Crippen LogP contribution in [0, 0.1) is 0 Å². The van der Waals surface area contributed by atoms with Crippen molar-refractivity contribution in [2.24, 2.45) is 12.9 Å². The molecule has 86 valence electrons. The Hall–Kier alpha value is -1.31. The Labute approximate surface area is 97.6 Å². The van der Waals surface area contributed by atoms with Crippen LogP contribution in [-0.4, -0.2) is 19.4 Å². The van der Waals surface area contributed by atoms with Gasteiger partial charge in [-0.2, -0.15) is 5.10 Å². The number of hydrogen-bond donors (Lipinski definition) is 2. The molecule has 1 unspecified atom stereocenters. The van der Waals surface area contributed by atoms with E-state index in [1.165, 1.54) is 17.1 Å². The van der Waals surface area contributed by atoms with Crippen molar-refractivity contribution >= 4 is 11.5 Å². The lowest BCUT2D eigenvalue weighted by Crippen LogP contribution is -2.28. The van der Waals surface area contributed by atoms with Crippen LogP contribution in [0.4, 0.5) is 0 Å². The third-order valence-corrected chi connectivity index (χ3v) is 2.94. The number of nitrogens with zero attached hydrogens (tertiary/aromatic N) is 4. The Morgan fingerprint density at radius 1 is 1.62 bits per heavy atom. The number of nitrogens with two attached hydrogens (primary N) is 1. The van der Waals surface area contributed by atoms with Crippen LogP contribution in [0.5, 0.6) is 0 Å². The summed E-state index contributed by atoms with van der Waals surface area (Å²) in [4.78, 5) is 0. The molecule has 6 nitrogen and oxygen atoms in total. The largest absolute Gasteiger partial charge is 0.276 e. The number of hydrogen-bond acceptors (Lipinski definition) is 6. The van der Waals surface area contributed by atoms with Crippen LogP contribution in [-0.2, 0) is 13.5 Å². The molecule has 1 atom stereocenters. The van der Waals surface area contributed by atoms with Crippen molar-refractivity contribution in [3.63, 3.8) is 0 Å². The second-order valence-corrected chi connectivity index (χ2v) is 4.22. The van der Waals surface area contributed by atoms with Gasteiger partial charge in [-0.15, -0.1) is 5.10 Å². The van der Waals surface area contributed by atoms with Gasteiger partial charge in [-0.3, -0.25) is 16.0 Å². The number of aromatic nitrogens is 4. The second-order valence-electron chi connectivity index (χ2n) is 3.61. The van der Waals surface area contributed by atoms with Gasteiger partial charge in [0, 0.05) is 18.6 Å². The van der Waals surface area contributed by atoms with E-state index in [1.54, 1.807) is 4.68 Å². The number of rotatable bonds is 5. The van der Waals surface area contributed by atoms with Gasteiger partial charge in [0.15, 0.2) is 0 Å². The standard InChI is InChI=1S/C9H14N6S/c1-15-5-7(4-11-15)2-3-8(12-10)9-6-16-14-13-9/h4-6,8,12H,2-3,10H2,1H3. The van der Waals surface area contributed by atoms with E-state index in [1.807, 2.05) is 24.8 Å². The van der Waals surface area contributed by atoms with E-state index in [4.69, 9.17) is 5.84 Å². The highest BCUT2D eigenvalue weighted by atomic mass is 32.1. The highest BCUT2D eigenvalue weighted by molar-refractivity contribution is 7.03. The summed E-state index contributed by atoms with van der Waals surface area (Å²) in [6, 6.07) is 0.0546. The molecule has 0 radical (unpaired) electrons. The molecule has 0 bridgehead atoms. The molecule has 0 aliphatic rings. The third kappa shape index (κ3) is 2.63. The molecule has 16 heavy (non-hydrogen) atoms. The van der Waals surface area contributed by atoms with Gasteiger partial charge in [-0.25, -0.2) is 0 Å². The normalized spacial score (nSPS) is 12.9. The van der Waals surface area contributed by atoms with Crippen LogP contribution in [0.15, 0.2) is 17.8 Å². The first-order valence-electron chi connectivity index (χ1n) is 5.00. The van der Waals surface area contributed by atoms with Crippen molar-refractivity contribution in [3.8, 4) is 0 Å². The van der Waals surface area contributed by atoms with Gasteiger partial charge >= 0.3 is 0 Å². The molecule has 0 aliphatic heterocycles. The lowest BCUT2D eigenvalue weighted by Gasteiger charge is -2.11. The smallest absolute Gasteiger partial charge is 0.0938 e. The summed E-state index contributed by atoms with van der Waals surface area (Å²) in [5, 5.41) is 10.0. The number of hydrazine groups is 1. The fourth-order valence-corrected chi connectivity index (χ4v) is 2.06. The Morgan fingerprint density at radius 3 is 3.06 bits per heavy atom. The van der Waals surface area contributed by atoms with Gasteiger partial charge in [0.05, 0.1) is 17.9 Å². The van der Waals surface area contributed by atoms with Crippen LogP contribution >= 0.6 is 11.5 Å². The molecule has 0 saturated carbocycles. The summed E-state index contributed by atoms with van der Waals surface area (Å²) in [6.07, 6.45) is 5.67. The lowest BCUT2D eigenvalue weighted by atomic mass is 10.1. The molecule has 0 spiro atoms. The molecule has 0 saturated heterocycles. The van der Waals surface area contributed by atoms with Crippen LogP contribution in [0.25, 0.3) is 0 Å². The summed E-state index contributed by atoms with van der Waals surface area (Å²) in [5.41, 5.74) is 4.86. The molecule has 0 aromatic carbocycles. The monoisotopic (exact) mass is 238 g/mol. The average molecular weight is 238 g/mol. The summed E-state index contributed by atoms with van der Waals surface area (Å²) in [7, 11) is 1.91. The van der Waals surface area contributed by atoms with E-state index >= 15 is 0 Å². The molecule has 7 heteroatoms. The quantitative estimate of drug-likeness (QED) is 0.582. The molecule has 0 fully saturated rings. The van der Waals surface area contributed by atoms with E-state index in [-0.39, 0.29) is 6.04 Å². The van der Waals surface area contributed by atoms with Crippen molar-refractivity contribution in [2.75, 3.05) is 0 Å². The van der Waals surface area contributed by atoms with Gasteiger partial charge in [-0.1, -0.05) is 4.49 Å². The molecule has 0 aliphatic carbocycles. The zero-order valence-electron chi connectivity index (χ0n) is 9.00. The second kappa shape index (κ2) is 5.15. The summed E-state index contributed by atoms with van der Waals surface area (Å²) < 4.78 is 5.63. The molecule has 2 rings (SSSR count). The van der Waals surface area contributed by atoms with Crippen LogP contribution in [0.2, 0.25) is 0 Å². The van der Waals surface area contributed by atoms with Crippen molar-refractivity contribution in [1.29, 1.82) is 0 Å². The average Bonchev–Trinajstić information content (AvgIpc) is 2.91. The van der Waals surface area contributed by atoms with E-state index in [0.29, 0.717) is 0 Å². The van der Waals surface area contributed by atoms with Gasteiger partial charge in [-0.05, 0) is 29.9 Å². The van der Waals surface area contributed by atoms with Gasteiger partial charge in [0.25, 0.3) is 0 Å². The molecule has 0 amide bonds. The van der Waals surface area contributed by atoms with Gasteiger partial charge in [0.1, 0.15) is 0 Å². The van der Waals surface area contributed by atoms with Crippen molar-refractivity contribution < 1.29 is 0 Å². The fourth-order valence-electron chi connectivity index (χ4n) is 1.55. The van der Waals surface area contributed by atoms with E-state index in [0.717, 1.165) is 18.5 Å². The zero-order chi connectivity index (χ0) is 11.4. The summed E-state index contributed by atoms with van der Waals surface area (Å²) in [5.74, 6) is 5.50. The first-order chi connectivity index (χ1) is 7.79. The van der Waals surface area contributed by atoms with Crippen molar-refractivity contribution in [3.05, 3.63) is 29.0 Å². The summed E-state index contributed by atoms with van der Waals surface area (Å²) in [6.45, 7) is 0. The Kier molecular flexibility index (Phi) is 3.60. The minimum Gasteiger partial charge on any atom is -0.276 e. The maximum absolute atomic E-state index is 5.50. The molecule has 3 N–H and O–H groups in total. The van der Waals surface area contributed by atoms with E-state index < -0.39 is 0 Å². The molecule has 2 aromatic rings. The predicted molar refractivity (Wildman–Crippen MR) is 61.5 cm³/mol. The van der Waals surface area contributed by atoms with E-state index in [9.17, 15) is 0 Å². The van der Waals surface area contributed by atoms with Crippen LogP contribution in [0.1, 0.15) is 23.7 Å². The van der Waals surface area contributed by atoms with Crippen LogP contribution in [0.3, 0.4) is 0 Å². The molecule has 2 heterocycles. The minimum absolute atomic E-state index is 0.0546. The Bertz CT molecular complexity index is 423. The zero-order valence-corrected chi connectivity index (χ0v) is 9.81. The van der Waals surface area contributed by atoms with Crippen LogP contribution < -0.4 is 11.3 Å². The van der Waals surface area contributed by atoms with Gasteiger partial charge in [0.2, 0.25) is 0 Å². The third-order valence-electron chi connectivity index (χ3n) is 2.42. The van der Waals surface area contributed by atoms with Crippen molar-refractivity contribution in [2.45, 2.75) is 18.9 Å². The minimum atomic E-state index is 0.0546. The van der Waals surface area contributed by atoms with E-state index in [2.05, 4.69) is 20.1 Å². The first-order valence-corrected chi connectivity index (χ1v) is 5.84. The molecular weight excluding hydrogens is 224 g/mol. The Balaban J connectivity index is 1.93. The highest BCUT2D eigenvalue weighted by Crippen LogP contribution is 2.16. The fraction of sp³-hybridized carbons (Fsp3) is 0.444. The Morgan fingerprint density at radius 2 is 2.50 bits per heavy atom. The highest BCUT2D eigenvalue weighted by Gasteiger charge is 2.12.